The van der Waals surface area contributed by atoms with Crippen molar-refractivity contribution in [1.29, 1.82) is 0 Å². The average molecular weight is 516 g/mol. The zero-order valence-corrected chi connectivity index (χ0v) is 21.7. The van der Waals surface area contributed by atoms with Crippen molar-refractivity contribution in [2.45, 2.75) is 35.5 Å². The number of rotatable bonds is 9. The Morgan fingerprint density at radius 2 is 0.703 bits per heavy atom. The molecule has 0 spiro atoms. The molecular formula is C30H27O6S+. The molecular weight excluding hydrogens is 488 g/mol. The lowest BCUT2D eigenvalue weighted by Gasteiger charge is -2.11. The molecule has 0 aromatic heterocycles. The van der Waals surface area contributed by atoms with Crippen molar-refractivity contribution in [2.24, 2.45) is 0 Å². The average Bonchev–Trinajstić information content (AvgIpc) is 2.87. The molecule has 7 heteroatoms. The number of ether oxygens (including phenoxy) is 3. The van der Waals surface area contributed by atoms with Gasteiger partial charge in [-0.1, -0.05) is 19.7 Å². The Morgan fingerprint density at radius 1 is 0.486 bits per heavy atom. The summed E-state index contributed by atoms with van der Waals surface area (Å²) in [4.78, 5) is 38.5. The number of esters is 3. The normalized spacial score (nSPS) is 10.4. The summed E-state index contributed by atoms with van der Waals surface area (Å²) in [6.07, 6.45) is 0. The Bertz CT molecular complexity index is 1180. The Balaban J connectivity index is 1.95. The lowest BCUT2D eigenvalue weighted by atomic mass is 10.3. The summed E-state index contributed by atoms with van der Waals surface area (Å²) in [5.41, 5.74) is 0.927. The zero-order chi connectivity index (χ0) is 27.1. The summed E-state index contributed by atoms with van der Waals surface area (Å²) in [5.74, 6) is -0.261. The predicted molar refractivity (Wildman–Crippen MR) is 143 cm³/mol. The van der Waals surface area contributed by atoms with Crippen molar-refractivity contribution in [3.05, 3.63) is 109 Å². The topological polar surface area (TPSA) is 78.9 Å². The van der Waals surface area contributed by atoms with Gasteiger partial charge in [0.15, 0.2) is 14.7 Å². The number of carbonyl (C=O) groups excluding carboxylic acids is 3. The van der Waals surface area contributed by atoms with Crippen LogP contribution in [0.1, 0.15) is 20.8 Å². The largest absolute Gasteiger partial charge is 0.423 e. The van der Waals surface area contributed by atoms with E-state index in [9.17, 15) is 14.4 Å². The lowest BCUT2D eigenvalue weighted by molar-refractivity contribution is -0.130. The van der Waals surface area contributed by atoms with Gasteiger partial charge in [-0.15, -0.1) is 0 Å². The van der Waals surface area contributed by atoms with Crippen LogP contribution in [0, 0.1) is 0 Å². The monoisotopic (exact) mass is 515 g/mol. The van der Waals surface area contributed by atoms with Crippen LogP contribution in [0.4, 0.5) is 0 Å². The van der Waals surface area contributed by atoms with Gasteiger partial charge in [-0.2, -0.15) is 0 Å². The van der Waals surface area contributed by atoms with Gasteiger partial charge in [0.05, 0.1) is 10.9 Å². The van der Waals surface area contributed by atoms with Crippen LogP contribution >= 0.6 is 0 Å². The minimum absolute atomic E-state index is 0.309. The Kier molecular flexibility index (Phi) is 8.87. The van der Waals surface area contributed by atoms with Crippen LogP contribution in [0.2, 0.25) is 0 Å². The molecule has 3 aromatic carbocycles. The van der Waals surface area contributed by atoms with E-state index in [-0.39, 0.29) is 0 Å². The van der Waals surface area contributed by atoms with Gasteiger partial charge in [-0.05, 0) is 93.6 Å². The van der Waals surface area contributed by atoms with E-state index in [0.717, 1.165) is 14.7 Å². The minimum atomic E-state index is -0.578. The van der Waals surface area contributed by atoms with Crippen molar-refractivity contribution < 1.29 is 28.6 Å². The summed E-state index contributed by atoms with van der Waals surface area (Å²) in [6, 6.07) is 21.6. The van der Waals surface area contributed by atoms with Crippen LogP contribution in [-0.4, -0.2) is 17.9 Å². The molecule has 0 heterocycles. The molecule has 0 unspecified atom stereocenters. The molecule has 0 saturated carbocycles. The van der Waals surface area contributed by atoms with E-state index in [1.165, 1.54) is 0 Å². The third kappa shape index (κ3) is 7.32. The second-order valence-electron chi connectivity index (χ2n) is 8.23. The molecule has 0 aliphatic heterocycles. The lowest BCUT2D eigenvalue weighted by Crippen LogP contribution is -2.10. The van der Waals surface area contributed by atoms with Crippen molar-refractivity contribution >= 4 is 28.8 Å². The molecule has 0 amide bonds. The van der Waals surface area contributed by atoms with E-state index in [2.05, 4.69) is 19.7 Å². The van der Waals surface area contributed by atoms with Gasteiger partial charge in [0.2, 0.25) is 0 Å². The smallest absolute Gasteiger partial charge is 0.338 e. The number of carbonyl (C=O) groups is 3. The van der Waals surface area contributed by atoms with Crippen molar-refractivity contribution in [3.8, 4) is 17.2 Å². The molecule has 0 aliphatic rings. The highest BCUT2D eigenvalue weighted by Gasteiger charge is 2.29. The first kappa shape index (κ1) is 27.2. The first-order chi connectivity index (χ1) is 17.5. The van der Waals surface area contributed by atoms with Gasteiger partial charge in [-0.3, -0.25) is 0 Å². The van der Waals surface area contributed by atoms with Crippen LogP contribution in [0.5, 0.6) is 17.2 Å². The van der Waals surface area contributed by atoms with E-state index in [4.69, 9.17) is 14.2 Å². The molecule has 3 aromatic rings. The van der Waals surface area contributed by atoms with Crippen LogP contribution in [0.3, 0.4) is 0 Å². The fourth-order valence-corrected chi connectivity index (χ4v) is 4.96. The van der Waals surface area contributed by atoms with Gasteiger partial charge < -0.3 is 14.2 Å². The summed E-state index contributed by atoms with van der Waals surface area (Å²) < 4.78 is 16.0. The second kappa shape index (κ2) is 12.1. The standard InChI is InChI=1S/C30H27O6S/c1-19(2)28(31)34-22-7-13-25(14-8-22)37(26-15-9-23(10-16-26)35-29(32)20(3)4)27-17-11-24(12-18-27)36-30(33)21(5)6/h7-18H,1,3,5H2,2,4,6H3/q+1. The Morgan fingerprint density at radius 3 is 0.892 bits per heavy atom. The highest BCUT2D eigenvalue weighted by Crippen LogP contribution is 2.34. The van der Waals surface area contributed by atoms with Crippen LogP contribution < -0.4 is 14.2 Å². The summed E-state index contributed by atoms with van der Waals surface area (Å²) >= 11 is 0. The van der Waals surface area contributed by atoms with Crippen LogP contribution in [-0.2, 0) is 25.3 Å². The SMILES string of the molecule is C=C(C)C(=O)Oc1ccc([S+](c2ccc(OC(=O)C(=C)C)cc2)c2ccc(OC(=O)C(=C)C)cc2)cc1. The van der Waals surface area contributed by atoms with Gasteiger partial charge in [0.1, 0.15) is 17.2 Å². The van der Waals surface area contributed by atoms with Crippen molar-refractivity contribution in [3.63, 3.8) is 0 Å². The van der Waals surface area contributed by atoms with Gasteiger partial charge in [-0.25, -0.2) is 14.4 Å². The quantitative estimate of drug-likeness (QED) is 0.146. The Labute approximate surface area is 219 Å². The fourth-order valence-electron chi connectivity index (χ4n) is 2.92. The zero-order valence-electron chi connectivity index (χ0n) is 20.9. The van der Waals surface area contributed by atoms with Crippen LogP contribution in [0.15, 0.2) is 124 Å². The highest BCUT2D eigenvalue weighted by molar-refractivity contribution is 7.97. The van der Waals surface area contributed by atoms with E-state index in [1.54, 1.807) is 57.2 Å². The minimum Gasteiger partial charge on any atom is -0.423 e. The molecule has 0 saturated heterocycles. The highest BCUT2D eigenvalue weighted by atomic mass is 32.2. The predicted octanol–water partition coefficient (Wildman–Crippen LogP) is 6.23. The van der Waals surface area contributed by atoms with Gasteiger partial charge >= 0.3 is 17.9 Å². The summed E-state index contributed by atoms with van der Waals surface area (Å²) in [7, 11) is -0.578. The van der Waals surface area contributed by atoms with E-state index in [0.29, 0.717) is 34.0 Å². The molecule has 0 aliphatic carbocycles. The Hall–Kier alpha value is -4.36. The maximum Gasteiger partial charge on any atom is 0.338 e. The van der Waals surface area contributed by atoms with E-state index < -0.39 is 28.8 Å². The molecule has 6 nitrogen and oxygen atoms in total. The maximum absolute atomic E-state index is 11.9. The molecule has 37 heavy (non-hydrogen) atoms. The van der Waals surface area contributed by atoms with Gasteiger partial charge in [0.25, 0.3) is 0 Å². The van der Waals surface area contributed by atoms with Crippen molar-refractivity contribution in [2.75, 3.05) is 0 Å². The molecule has 0 atom stereocenters. The molecule has 0 fully saturated rings. The van der Waals surface area contributed by atoms with Crippen LogP contribution in [0.25, 0.3) is 0 Å². The first-order valence-corrected chi connectivity index (χ1v) is 12.4. The third-order valence-corrected chi connectivity index (χ3v) is 7.09. The first-order valence-electron chi connectivity index (χ1n) is 11.2. The molecule has 0 radical (unpaired) electrons. The van der Waals surface area contributed by atoms with E-state index >= 15 is 0 Å². The maximum atomic E-state index is 11.9. The number of hydrogen-bond donors (Lipinski definition) is 0. The summed E-state index contributed by atoms with van der Waals surface area (Å²) in [6.45, 7) is 15.6. The van der Waals surface area contributed by atoms with E-state index in [1.807, 2.05) is 36.4 Å². The van der Waals surface area contributed by atoms with Gasteiger partial charge in [0, 0.05) is 16.7 Å². The molecule has 188 valence electrons. The fraction of sp³-hybridized carbons (Fsp3) is 0.100. The molecule has 0 bridgehead atoms. The third-order valence-electron chi connectivity index (χ3n) is 4.86. The molecule has 0 N–H and O–H groups in total. The second-order valence-corrected chi connectivity index (χ2v) is 10.3. The van der Waals surface area contributed by atoms with Crippen molar-refractivity contribution in [1.82, 2.24) is 0 Å². The number of hydrogen-bond acceptors (Lipinski definition) is 6. The number of benzene rings is 3. The molecule has 3 rings (SSSR count). The summed E-state index contributed by atoms with van der Waals surface area (Å²) in [5, 5.41) is 0.